The highest BCUT2D eigenvalue weighted by Crippen LogP contribution is 2.18. The Hall–Kier alpha value is -1.56. The standard InChI is InChI=1S/C17H18INO2/c1-12-4-3-5-15(10-12)21-9-8-17(20)19-16-7-6-14(18)11-13(16)2/h3-7,10-11H,8-9H2,1-2H3,(H,19,20). The van der Waals surface area contributed by atoms with Crippen LogP contribution in [0.5, 0.6) is 5.75 Å². The molecule has 2 aromatic carbocycles. The van der Waals surface area contributed by atoms with Gasteiger partial charge < -0.3 is 10.1 Å². The maximum atomic E-state index is 11.9. The predicted molar refractivity (Wildman–Crippen MR) is 93.8 cm³/mol. The van der Waals surface area contributed by atoms with Gasteiger partial charge in [-0.25, -0.2) is 0 Å². The van der Waals surface area contributed by atoms with Crippen LogP contribution >= 0.6 is 22.6 Å². The van der Waals surface area contributed by atoms with Gasteiger partial charge in [0.05, 0.1) is 13.0 Å². The molecule has 0 atom stereocenters. The second kappa shape index (κ2) is 7.45. The van der Waals surface area contributed by atoms with Crippen LogP contribution in [0.1, 0.15) is 17.5 Å². The minimum Gasteiger partial charge on any atom is -0.493 e. The van der Waals surface area contributed by atoms with E-state index in [1.807, 2.05) is 56.3 Å². The third-order valence-corrected chi connectivity index (χ3v) is 3.72. The number of hydrogen-bond acceptors (Lipinski definition) is 2. The Kier molecular flexibility index (Phi) is 5.61. The molecule has 0 aliphatic carbocycles. The van der Waals surface area contributed by atoms with Crippen LogP contribution < -0.4 is 10.1 Å². The average molecular weight is 395 g/mol. The maximum Gasteiger partial charge on any atom is 0.227 e. The highest BCUT2D eigenvalue weighted by atomic mass is 127. The van der Waals surface area contributed by atoms with Gasteiger partial charge in [0.2, 0.25) is 5.91 Å². The van der Waals surface area contributed by atoms with E-state index in [9.17, 15) is 4.79 Å². The Balaban J connectivity index is 1.82. The highest BCUT2D eigenvalue weighted by Gasteiger charge is 2.05. The van der Waals surface area contributed by atoms with Crippen molar-refractivity contribution in [3.05, 3.63) is 57.2 Å². The number of benzene rings is 2. The van der Waals surface area contributed by atoms with Gasteiger partial charge in [0.15, 0.2) is 0 Å². The maximum absolute atomic E-state index is 11.9. The Morgan fingerprint density at radius 3 is 2.71 bits per heavy atom. The van der Waals surface area contributed by atoms with Crippen molar-refractivity contribution in [2.75, 3.05) is 11.9 Å². The minimum absolute atomic E-state index is 0.0352. The number of amides is 1. The molecule has 21 heavy (non-hydrogen) atoms. The summed E-state index contributed by atoms with van der Waals surface area (Å²) in [4.78, 5) is 11.9. The van der Waals surface area contributed by atoms with Crippen molar-refractivity contribution in [2.45, 2.75) is 20.3 Å². The van der Waals surface area contributed by atoms with Gasteiger partial charge in [0.1, 0.15) is 5.75 Å². The number of nitrogens with one attached hydrogen (secondary N) is 1. The zero-order valence-electron chi connectivity index (χ0n) is 12.2. The summed E-state index contributed by atoms with van der Waals surface area (Å²) in [5.41, 5.74) is 3.07. The van der Waals surface area contributed by atoms with Gasteiger partial charge in [-0.15, -0.1) is 0 Å². The van der Waals surface area contributed by atoms with Gasteiger partial charge in [0, 0.05) is 9.26 Å². The summed E-state index contributed by atoms with van der Waals surface area (Å²) >= 11 is 2.25. The molecule has 4 heteroatoms. The van der Waals surface area contributed by atoms with Crippen molar-refractivity contribution < 1.29 is 9.53 Å². The molecular formula is C17H18INO2. The summed E-state index contributed by atoms with van der Waals surface area (Å²) < 4.78 is 6.74. The fourth-order valence-corrected chi connectivity index (χ4v) is 2.59. The van der Waals surface area contributed by atoms with Gasteiger partial charge >= 0.3 is 0 Å². The molecule has 1 amide bonds. The largest absolute Gasteiger partial charge is 0.493 e. The smallest absolute Gasteiger partial charge is 0.227 e. The Labute approximate surface area is 138 Å². The monoisotopic (exact) mass is 395 g/mol. The molecule has 2 aromatic rings. The normalized spacial score (nSPS) is 10.2. The van der Waals surface area contributed by atoms with Crippen molar-refractivity contribution in [1.82, 2.24) is 0 Å². The first-order valence-electron chi connectivity index (χ1n) is 6.80. The summed E-state index contributed by atoms with van der Waals surface area (Å²) in [5.74, 6) is 0.764. The molecule has 0 spiro atoms. The lowest BCUT2D eigenvalue weighted by molar-refractivity contribution is -0.116. The van der Waals surface area contributed by atoms with Gasteiger partial charge in [-0.3, -0.25) is 4.79 Å². The second-order valence-corrected chi connectivity index (χ2v) is 6.17. The lowest BCUT2D eigenvalue weighted by Gasteiger charge is -2.10. The van der Waals surface area contributed by atoms with E-state index in [4.69, 9.17) is 4.74 Å². The van der Waals surface area contributed by atoms with Crippen molar-refractivity contribution in [2.24, 2.45) is 0 Å². The number of rotatable bonds is 5. The van der Waals surface area contributed by atoms with Gasteiger partial charge in [-0.1, -0.05) is 12.1 Å². The SMILES string of the molecule is Cc1cccc(OCCC(=O)Nc2ccc(I)cc2C)c1. The molecule has 0 saturated carbocycles. The fourth-order valence-electron chi connectivity index (χ4n) is 1.95. The van der Waals surface area contributed by atoms with E-state index in [0.717, 1.165) is 26.1 Å². The second-order valence-electron chi connectivity index (χ2n) is 4.92. The number of hydrogen-bond donors (Lipinski definition) is 1. The van der Waals surface area contributed by atoms with Gasteiger partial charge in [-0.2, -0.15) is 0 Å². The number of carbonyl (C=O) groups excluding carboxylic acids is 1. The van der Waals surface area contributed by atoms with Crippen molar-refractivity contribution in [3.63, 3.8) is 0 Å². The van der Waals surface area contributed by atoms with Crippen LogP contribution in [0.3, 0.4) is 0 Å². The number of ether oxygens (including phenoxy) is 1. The number of aryl methyl sites for hydroxylation is 2. The quantitative estimate of drug-likeness (QED) is 0.767. The third kappa shape index (κ3) is 5.04. The number of anilines is 1. The van der Waals surface area contributed by atoms with Crippen molar-refractivity contribution >= 4 is 34.2 Å². The molecule has 0 aliphatic rings. The Bertz CT molecular complexity index is 640. The molecule has 0 saturated heterocycles. The van der Waals surface area contributed by atoms with Crippen LogP contribution in [0.25, 0.3) is 0 Å². The zero-order chi connectivity index (χ0) is 15.2. The van der Waals surface area contributed by atoms with E-state index < -0.39 is 0 Å². The van der Waals surface area contributed by atoms with Crippen LogP contribution in [0, 0.1) is 17.4 Å². The molecule has 0 unspecified atom stereocenters. The highest BCUT2D eigenvalue weighted by molar-refractivity contribution is 14.1. The molecular weight excluding hydrogens is 377 g/mol. The van der Waals surface area contributed by atoms with Crippen LogP contribution in [-0.2, 0) is 4.79 Å². The summed E-state index contributed by atoms with van der Waals surface area (Å²) in [6.07, 6.45) is 0.333. The molecule has 2 rings (SSSR count). The van der Waals surface area contributed by atoms with E-state index in [1.165, 1.54) is 0 Å². The van der Waals surface area contributed by atoms with E-state index in [-0.39, 0.29) is 5.91 Å². The van der Waals surface area contributed by atoms with E-state index in [2.05, 4.69) is 27.9 Å². The van der Waals surface area contributed by atoms with E-state index in [0.29, 0.717) is 13.0 Å². The van der Waals surface area contributed by atoms with Crippen LogP contribution in [0.4, 0.5) is 5.69 Å². The fraction of sp³-hybridized carbons (Fsp3) is 0.235. The van der Waals surface area contributed by atoms with Gasteiger partial charge in [-0.05, 0) is 77.9 Å². The van der Waals surface area contributed by atoms with Crippen LogP contribution in [0.2, 0.25) is 0 Å². The molecule has 0 bridgehead atoms. The summed E-state index contributed by atoms with van der Waals surface area (Å²) in [5, 5.41) is 2.91. The molecule has 0 heterocycles. The molecule has 3 nitrogen and oxygen atoms in total. The number of carbonyl (C=O) groups is 1. The van der Waals surface area contributed by atoms with E-state index in [1.54, 1.807) is 0 Å². The van der Waals surface area contributed by atoms with Gasteiger partial charge in [0.25, 0.3) is 0 Å². The summed E-state index contributed by atoms with van der Waals surface area (Å²) in [6, 6.07) is 13.8. The molecule has 0 aromatic heterocycles. The third-order valence-electron chi connectivity index (χ3n) is 3.05. The first kappa shape index (κ1) is 15.8. The summed E-state index contributed by atoms with van der Waals surface area (Å²) in [6.45, 7) is 4.37. The molecule has 0 fully saturated rings. The lowest BCUT2D eigenvalue weighted by atomic mass is 10.2. The number of halogens is 1. The van der Waals surface area contributed by atoms with Crippen molar-refractivity contribution in [1.29, 1.82) is 0 Å². The minimum atomic E-state index is -0.0352. The topological polar surface area (TPSA) is 38.3 Å². The average Bonchev–Trinajstić information content (AvgIpc) is 2.42. The van der Waals surface area contributed by atoms with Crippen LogP contribution in [0.15, 0.2) is 42.5 Å². The summed E-state index contributed by atoms with van der Waals surface area (Å²) in [7, 11) is 0. The Morgan fingerprint density at radius 2 is 2.00 bits per heavy atom. The molecule has 1 N–H and O–H groups in total. The van der Waals surface area contributed by atoms with Crippen molar-refractivity contribution in [3.8, 4) is 5.75 Å². The lowest BCUT2D eigenvalue weighted by Crippen LogP contribution is -2.15. The first-order valence-corrected chi connectivity index (χ1v) is 7.88. The molecule has 0 radical (unpaired) electrons. The van der Waals surface area contributed by atoms with Crippen LogP contribution in [-0.4, -0.2) is 12.5 Å². The first-order chi connectivity index (χ1) is 10.0. The zero-order valence-corrected chi connectivity index (χ0v) is 14.3. The Morgan fingerprint density at radius 1 is 1.19 bits per heavy atom. The van der Waals surface area contributed by atoms with E-state index >= 15 is 0 Å². The molecule has 0 aliphatic heterocycles. The molecule has 110 valence electrons. The predicted octanol–water partition coefficient (Wildman–Crippen LogP) is 4.32.